The molecule has 17 heteroatoms. The van der Waals surface area contributed by atoms with Crippen LogP contribution in [0.2, 0.25) is 0 Å². The Hall–Kier alpha value is -1.51. The highest BCUT2D eigenvalue weighted by molar-refractivity contribution is 7.50. The maximum atomic E-state index is 12.6. The van der Waals surface area contributed by atoms with Gasteiger partial charge in [0.25, 0.3) is 0 Å². The second kappa shape index (κ2) is 7.81. The lowest BCUT2D eigenvalue weighted by Gasteiger charge is -2.30. The van der Waals surface area contributed by atoms with Crippen LogP contribution in [0.3, 0.4) is 0 Å². The zero-order valence-corrected chi connectivity index (χ0v) is 17.7. The molecule has 4 N–H and O–H groups in total. The van der Waals surface area contributed by atoms with Gasteiger partial charge >= 0.3 is 15.6 Å². The molecule has 3 fully saturated rings. The summed E-state index contributed by atoms with van der Waals surface area (Å²) >= 11 is 0. The Balaban J connectivity index is 1.38. The number of anilines is 1. The number of imidazole rings is 1. The van der Waals surface area contributed by atoms with Gasteiger partial charge in [0, 0.05) is 13.1 Å². The molecular formula is C14H20N6O9P2. The Morgan fingerprint density at radius 2 is 2.00 bits per heavy atom. The van der Waals surface area contributed by atoms with E-state index >= 15 is 0 Å². The van der Waals surface area contributed by atoms with E-state index in [-0.39, 0.29) is 25.5 Å². The van der Waals surface area contributed by atoms with Crippen LogP contribution in [0.5, 0.6) is 0 Å². The van der Waals surface area contributed by atoms with Crippen molar-refractivity contribution in [1.82, 2.24) is 24.2 Å². The third-order valence-electron chi connectivity index (χ3n) is 5.21. The number of hydrogen-bond donors (Lipinski definition) is 3. The van der Waals surface area contributed by atoms with Crippen LogP contribution in [0.1, 0.15) is 6.23 Å². The summed E-state index contributed by atoms with van der Waals surface area (Å²) in [7, 11) is -8.47. The zero-order valence-electron chi connectivity index (χ0n) is 16.0. The number of nitrogens with two attached hydrogens (primary N) is 1. The topological polar surface area (TPSA) is 194 Å². The Labute approximate surface area is 175 Å². The molecule has 170 valence electrons. The third-order valence-corrected chi connectivity index (χ3v) is 7.83. The number of fused-ring (bicyclic) bond motifs is 2. The molecule has 0 saturated carbocycles. The van der Waals surface area contributed by atoms with Crippen molar-refractivity contribution in [3.8, 4) is 0 Å². The highest BCUT2D eigenvalue weighted by atomic mass is 31.2. The first kappa shape index (κ1) is 21.3. The quantitative estimate of drug-likeness (QED) is 0.472. The van der Waals surface area contributed by atoms with Gasteiger partial charge in [-0.15, -0.1) is 0 Å². The lowest BCUT2D eigenvalue weighted by molar-refractivity contribution is -0.0584. The number of phosphoric ester groups is 1. The Morgan fingerprint density at radius 1 is 1.26 bits per heavy atom. The Bertz CT molecular complexity index is 1080. The summed E-state index contributed by atoms with van der Waals surface area (Å²) in [6.07, 6.45) is -1.36. The van der Waals surface area contributed by atoms with Crippen molar-refractivity contribution in [2.24, 2.45) is 0 Å². The van der Waals surface area contributed by atoms with E-state index in [4.69, 9.17) is 28.8 Å². The summed E-state index contributed by atoms with van der Waals surface area (Å²) in [6.45, 7) is 0.715. The average molecular weight is 478 g/mol. The van der Waals surface area contributed by atoms with Gasteiger partial charge in [0.05, 0.1) is 26.1 Å². The summed E-state index contributed by atoms with van der Waals surface area (Å²) < 4.78 is 54.2. The monoisotopic (exact) mass is 478 g/mol. The fourth-order valence-electron chi connectivity index (χ4n) is 3.75. The van der Waals surface area contributed by atoms with Crippen LogP contribution in [0.15, 0.2) is 12.7 Å². The molecule has 3 aliphatic heterocycles. The van der Waals surface area contributed by atoms with Crippen LogP contribution in [0.25, 0.3) is 11.2 Å². The molecule has 15 nitrogen and oxygen atoms in total. The molecular weight excluding hydrogens is 458 g/mol. The summed E-state index contributed by atoms with van der Waals surface area (Å²) in [6, 6.07) is 0. The van der Waals surface area contributed by atoms with Crippen molar-refractivity contribution in [3.63, 3.8) is 0 Å². The van der Waals surface area contributed by atoms with E-state index in [1.807, 2.05) is 0 Å². The zero-order chi connectivity index (χ0) is 21.8. The third kappa shape index (κ3) is 3.91. The van der Waals surface area contributed by atoms with Crippen LogP contribution >= 0.6 is 15.6 Å². The normalized spacial score (nSPS) is 35.9. The molecule has 0 radical (unpaired) electrons. The first-order valence-corrected chi connectivity index (χ1v) is 12.4. The number of nitrogen functional groups attached to an aromatic ring is 1. The van der Waals surface area contributed by atoms with E-state index in [1.54, 1.807) is 0 Å². The first-order chi connectivity index (χ1) is 14.8. The molecule has 3 aliphatic rings. The molecule has 0 bridgehead atoms. The van der Waals surface area contributed by atoms with E-state index < -0.39 is 40.1 Å². The van der Waals surface area contributed by atoms with Gasteiger partial charge in [0.2, 0.25) is 0 Å². The highest BCUT2D eigenvalue weighted by Crippen LogP contribution is 2.59. The van der Waals surface area contributed by atoms with Crippen LogP contribution in [-0.4, -0.2) is 85.2 Å². The summed E-state index contributed by atoms with van der Waals surface area (Å²) in [5.74, 6) is 0.154. The van der Waals surface area contributed by atoms with E-state index in [0.717, 1.165) is 0 Å². The summed E-state index contributed by atoms with van der Waals surface area (Å²) in [4.78, 5) is 32.3. The van der Waals surface area contributed by atoms with Crippen molar-refractivity contribution < 1.29 is 42.0 Å². The predicted octanol–water partition coefficient (Wildman–Crippen LogP) is -0.360. The molecule has 2 unspecified atom stereocenters. The van der Waals surface area contributed by atoms with Gasteiger partial charge in [-0.25, -0.2) is 28.8 Å². The SMILES string of the molecule is Nc1ncnc2c1ncn2[C@@H]1O[C@H](COP(=O)(O)N2CCOCC2)[C@H]2OP(=O)(O)O[C@H]21. The molecule has 0 spiro atoms. The van der Waals surface area contributed by atoms with E-state index in [0.29, 0.717) is 24.4 Å². The second-order valence-electron chi connectivity index (χ2n) is 7.11. The van der Waals surface area contributed by atoms with E-state index in [9.17, 15) is 18.9 Å². The maximum Gasteiger partial charge on any atom is 0.473 e. The lowest BCUT2D eigenvalue weighted by Crippen LogP contribution is -2.36. The minimum absolute atomic E-state index is 0.154. The average Bonchev–Trinajstić information content (AvgIpc) is 3.39. The smallest absolute Gasteiger partial charge is 0.382 e. The molecule has 0 amide bonds. The Kier molecular flexibility index (Phi) is 5.38. The summed E-state index contributed by atoms with van der Waals surface area (Å²) in [5.41, 5.74) is 6.45. The van der Waals surface area contributed by atoms with Gasteiger partial charge in [-0.05, 0) is 0 Å². The molecule has 3 saturated heterocycles. The second-order valence-corrected chi connectivity index (χ2v) is 10.3. The van der Waals surface area contributed by atoms with Gasteiger partial charge in [-0.1, -0.05) is 0 Å². The summed E-state index contributed by atoms with van der Waals surface area (Å²) in [5, 5.41) is 0. The molecule has 5 rings (SSSR count). The van der Waals surface area contributed by atoms with Crippen LogP contribution in [0, 0.1) is 0 Å². The molecule has 5 heterocycles. The lowest BCUT2D eigenvalue weighted by atomic mass is 10.1. The molecule has 31 heavy (non-hydrogen) atoms. The van der Waals surface area contributed by atoms with E-state index in [1.165, 1.54) is 21.9 Å². The van der Waals surface area contributed by atoms with Crippen molar-refractivity contribution in [2.75, 3.05) is 38.6 Å². The largest absolute Gasteiger partial charge is 0.473 e. The van der Waals surface area contributed by atoms with Crippen LogP contribution in [0.4, 0.5) is 5.82 Å². The number of phosphoric acid groups is 1. The fourth-order valence-corrected chi connectivity index (χ4v) is 6.07. The van der Waals surface area contributed by atoms with Crippen molar-refractivity contribution in [2.45, 2.75) is 24.5 Å². The highest BCUT2D eigenvalue weighted by Gasteiger charge is 2.58. The maximum absolute atomic E-state index is 12.6. The number of ether oxygens (including phenoxy) is 2. The fraction of sp³-hybridized carbons (Fsp3) is 0.643. The van der Waals surface area contributed by atoms with Crippen molar-refractivity contribution in [1.29, 1.82) is 0 Å². The van der Waals surface area contributed by atoms with Gasteiger partial charge < -0.3 is 25.0 Å². The first-order valence-electron chi connectivity index (χ1n) is 9.34. The number of nitrogens with zero attached hydrogens (tertiary/aromatic N) is 5. The van der Waals surface area contributed by atoms with Gasteiger partial charge in [0.15, 0.2) is 17.7 Å². The van der Waals surface area contributed by atoms with Gasteiger partial charge in [-0.3, -0.25) is 18.1 Å². The Morgan fingerprint density at radius 3 is 2.77 bits per heavy atom. The minimum Gasteiger partial charge on any atom is -0.382 e. The van der Waals surface area contributed by atoms with Crippen LogP contribution < -0.4 is 5.73 Å². The molecule has 2 aromatic rings. The van der Waals surface area contributed by atoms with Crippen LogP contribution in [-0.2, 0) is 32.2 Å². The number of hydrogen-bond acceptors (Lipinski definition) is 11. The predicted molar refractivity (Wildman–Crippen MR) is 101 cm³/mol. The standard InChI is InChI=1S/C14H20N6O9P2/c15-12-9-13(17-6-16-12)20(7-18-9)14-11-10(28-31(23,24)29-11)8(27-14)5-26-30(21,22)19-1-3-25-4-2-19/h6-8,10-11,14H,1-5H2,(H,21,22)(H,23,24)(H2,15,16,17)/t8-,10-,11-,14-/m1/s1. The number of aromatic nitrogens is 4. The van der Waals surface area contributed by atoms with Crippen molar-refractivity contribution >= 4 is 32.6 Å². The molecule has 0 aliphatic carbocycles. The minimum atomic E-state index is -4.34. The van der Waals surface area contributed by atoms with Gasteiger partial charge in [0.1, 0.15) is 30.2 Å². The molecule has 0 aromatic carbocycles. The molecule has 6 atom stereocenters. The number of morpholine rings is 1. The van der Waals surface area contributed by atoms with Crippen molar-refractivity contribution in [3.05, 3.63) is 12.7 Å². The molecule has 2 aromatic heterocycles. The number of rotatable bonds is 5. The van der Waals surface area contributed by atoms with E-state index in [2.05, 4.69) is 15.0 Å². The van der Waals surface area contributed by atoms with Gasteiger partial charge in [-0.2, -0.15) is 0 Å².